The molecule has 0 unspecified atom stereocenters. The van der Waals surface area contributed by atoms with Gasteiger partial charge in [0, 0.05) is 10.0 Å². The van der Waals surface area contributed by atoms with E-state index in [-0.39, 0.29) is 0 Å². The molecule has 3 nitrogen and oxygen atoms in total. The van der Waals surface area contributed by atoms with E-state index in [0.29, 0.717) is 18.7 Å². The molecule has 0 heterocycles. The molecule has 0 saturated carbocycles. The molecule has 1 atom stereocenters. The summed E-state index contributed by atoms with van der Waals surface area (Å²) in [6.45, 7) is 0.459. The Bertz CT molecular complexity index is 304. The number of methoxy groups -OCH3 is 1. The number of rotatable bonds is 4. The van der Waals surface area contributed by atoms with Crippen LogP contribution in [-0.2, 0) is 0 Å². The van der Waals surface area contributed by atoms with Crippen molar-refractivity contribution in [1.82, 2.24) is 0 Å². The van der Waals surface area contributed by atoms with Gasteiger partial charge in [0.2, 0.25) is 0 Å². The van der Waals surface area contributed by atoms with Gasteiger partial charge in [-0.15, -0.1) is 0 Å². The van der Waals surface area contributed by atoms with Gasteiger partial charge in [0.1, 0.15) is 5.75 Å². The molecule has 1 aromatic rings. The lowest BCUT2D eigenvalue weighted by molar-refractivity contribution is 0.166. The highest BCUT2D eigenvalue weighted by Crippen LogP contribution is 2.29. The summed E-state index contributed by atoms with van der Waals surface area (Å²) in [5, 5.41) is 9.75. The van der Waals surface area contributed by atoms with Crippen LogP contribution in [0.5, 0.6) is 5.75 Å². The number of hydrogen-bond acceptors (Lipinski definition) is 3. The Kier molecular flexibility index (Phi) is 4.38. The third-order valence-electron chi connectivity index (χ3n) is 1.99. The summed E-state index contributed by atoms with van der Waals surface area (Å²) in [5.41, 5.74) is 6.16. The Morgan fingerprint density at radius 3 is 2.86 bits per heavy atom. The summed E-state index contributed by atoms with van der Waals surface area (Å²) < 4.78 is 6.09. The molecule has 0 aromatic heterocycles. The normalized spacial score (nSPS) is 12.6. The van der Waals surface area contributed by atoms with Crippen molar-refractivity contribution in [1.29, 1.82) is 0 Å². The molecule has 0 radical (unpaired) electrons. The average molecular weight is 260 g/mol. The number of nitrogens with two attached hydrogens (primary N) is 1. The predicted molar refractivity (Wildman–Crippen MR) is 59.3 cm³/mol. The van der Waals surface area contributed by atoms with Gasteiger partial charge in [0.25, 0.3) is 0 Å². The zero-order valence-corrected chi connectivity index (χ0v) is 9.62. The van der Waals surface area contributed by atoms with Crippen molar-refractivity contribution in [3.05, 3.63) is 28.2 Å². The summed E-state index contributed by atoms with van der Waals surface area (Å²) >= 11 is 3.34. The maximum absolute atomic E-state index is 9.75. The number of benzene rings is 1. The first-order valence-electron chi connectivity index (χ1n) is 4.40. The molecule has 0 aliphatic rings. The van der Waals surface area contributed by atoms with E-state index in [1.54, 1.807) is 7.11 Å². The number of hydrogen-bond donors (Lipinski definition) is 2. The van der Waals surface area contributed by atoms with Gasteiger partial charge in [0.15, 0.2) is 0 Å². The topological polar surface area (TPSA) is 55.5 Å². The van der Waals surface area contributed by atoms with Crippen LogP contribution in [-0.4, -0.2) is 18.8 Å². The molecule has 1 aromatic carbocycles. The highest BCUT2D eigenvalue weighted by Gasteiger charge is 2.12. The average Bonchev–Trinajstić information content (AvgIpc) is 2.17. The fourth-order valence-corrected chi connectivity index (χ4v) is 1.61. The number of ether oxygens (including phenoxy) is 1. The summed E-state index contributed by atoms with van der Waals surface area (Å²) in [5.74, 6) is 0.681. The van der Waals surface area contributed by atoms with Gasteiger partial charge in [-0.3, -0.25) is 0 Å². The zero-order chi connectivity index (χ0) is 10.6. The number of halogens is 1. The van der Waals surface area contributed by atoms with Crippen LogP contribution in [0, 0.1) is 0 Å². The fourth-order valence-electron chi connectivity index (χ4n) is 1.27. The van der Waals surface area contributed by atoms with E-state index < -0.39 is 6.10 Å². The number of aliphatic hydroxyl groups excluding tert-OH is 1. The Labute approximate surface area is 92.0 Å². The van der Waals surface area contributed by atoms with Crippen LogP contribution < -0.4 is 10.5 Å². The molecule has 0 spiro atoms. The van der Waals surface area contributed by atoms with E-state index in [0.717, 1.165) is 10.0 Å². The lowest BCUT2D eigenvalue weighted by Gasteiger charge is -2.14. The van der Waals surface area contributed by atoms with Gasteiger partial charge < -0.3 is 15.6 Å². The molecule has 1 rings (SSSR count). The monoisotopic (exact) mass is 259 g/mol. The third-order valence-corrected chi connectivity index (χ3v) is 2.49. The summed E-state index contributed by atoms with van der Waals surface area (Å²) in [6.07, 6.45) is -0.0131. The third kappa shape index (κ3) is 2.70. The molecule has 14 heavy (non-hydrogen) atoms. The Morgan fingerprint density at radius 1 is 1.57 bits per heavy atom. The van der Waals surface area contributed by atoms with Gasteiger partial charge in [-0.1, -0.05) is 22.0 Å². The van der Waals surface area contributed by atoms with Crippen LogP contribution in [0.15, 0.2) is 22.7 Å². The van der Waals surface area contributed by atoms with Gasteiger partial charge in [-0.25, -0.2) is 0 Å². The smallest absolute Gasteiger partial charge is 0.125 e. The minimum Gasteiger partial charge on any atom is -0.496 e. The summed E-state index contributed by atoms with van der Waals surface area (Å²) in [7, 11) is 1.58. The highest BCUT2D eigenvalue weighted by atomic mass is 79.9. The van der Waals surface area contributed by atoms with Crippen LogP contribution in [0.4, 0.5) is 0 Å². The van der Waals surface area contributed by atoms with E-state index in [1.807, 2.05) is 18.2 Å². The van der Waals surface area contributed by atoms with Gasteiger partial charge >= 0.3 is 0 Å². The molecule has 78 valence electrons. The first-order chi connectivity index (χ1) is 6.69. The SMILES string of the molecule is COc1cc(Br)ccc1[C@H](O)CCN. The van der Waals surface area contributed by atoms with Crippen molar-refractivity contribution in [2.75, 3.05) is 13.7 Å². The van der Waals surface area contributed by atoms with Crippen LogP contribution in [0.2, 0.25) is 0 Å². The molecule has 4 heteroatoms. The van der Waals surface area contributed by atoms with E-state index in [1.165, 1.54) is 0 Å². The standard InChI is InChI=1S/C10H14BrNO2/c1-14-10-6-7(11)2-3-8(10)9(13)4-5-12/h2-3,6,9,13H,4-5,12H2,1H3/t9-/m1/s1. The molecule has 0 aliphatic carbocycles. The van der Waals surface area contributed by atoms with Crippen molar-refractivity contribution in [3.63, 3.8) is 0 Å². The maximum Gasteiger partial charge on any atom is 0.125 e. The Hall–Kier alpha value is -0.580. The largest absolute Gasteiger partial charge is 0.496 e. The molecule has 0 aliphatic heterocycles. The molecular weight excluding hydrogens is 246 g/mol. The van der Waals surface area contributed by atoms with Crippen molar-refractivity contribution in [3.8, 4) is 5.75 Å². The lowest BCUT2D eigenvalue weighted by atomic mass is 10.1. The van der Waals surface area contributed by atoms with E-state index in [9.17, 15) is 5.11 Å². The molecule has 0 fully saturated rings. The number of aliphatic hydroxyl groups is 1. The summed E-state index contributed by atoms with van der Waals surface area (Å²) in [4.78, 5) is 0. The lowest BCUT2D eigenvalue weighted by Crippen LogP contribution is -2.07. The molecule has 0 saturated heterocycles. The fraction of sp³-hybridized carbons (Fsp3) is 0.400. The van der Waals surface area contributed by atoms with Crippen LogP contribution in [0.1, 0.15) is 18.1 Å². The summed E-state index contributed by atoms with van der Waals surface area (Å²) in [6, 6.07) is 5.54. The first kappa shape index (κ1) is 11.5. The van der Waals surface area contributed by atoms with Crippen LogP contribution in [0.25, 0.3) is 0 Å². The van der Waals surface area contributed by atoms with Crippen molar-refractivity contribution >= 4 is 15.9 Å². The van der Waals surface area contributed by atoms with Crippen molar-refractivity contribution < 1.29 is 9.84 Å². The van der Waals surface area contributed by atoms with E-state index >= 15 is 0 Å². The van der Waals surface area contributed by atoms with E-state index in [4.69, 9.17) is 10.5 Å². The zero-order valence-electron chi connectivity index (χ0n) is 8.03. The second kappa shape index (κ2) is 5.34. The second-order valence-electron chi connectivity index (χ2n) is 2.98. The van der Waals surface area contributed by atoms with Crippen molar-refractivity contribution in [2.45, 2.75) is 12.5 Å². The van der Waals surface area contributed by atoms with Gasteiger partial charge in [-0.05, 0) is 25.1 Å². The van der Waals surface area contributed by atoms with Gasteiger partial charge in [0.05, 0.1) is 13.2 Å². The highest BCUT2D eigenvalue weighted by molar-refractivity contribution is 9.10. The molecular formula is C10H14BrNO2. The molecule has 0 amide bonds. The molecule has 0 bridgehead atoms. The van der Waals surface area contributed by atoms with Crippen molar-refractivity contribution in [2.24, 2.45) is 5.73 Å². The predicted octanol–water partition coefficient (Wildman–Crippen LogP) is 1.84. The Morgan fingerprint density at radius 2 is 2.29 bits per heavy atom. The van der Waals surface area contributed by atoms with Crippen LogP contribution in [0.3, 0.4) is 0 Å². The first-order valence-corrected chi connectivity index (χ1v) is 5.20. The van der Waals surface area contributed by atoms with Gasteiger partial charge in [-0.2, -0.15) is 0 Å². The minimum absolute atomic E-state index is 0.459. The van der Waals surface area contributed by atoms with E-state index in [2.05, 4.69) is 15.9 Å². The Balaban J connectivity index is 2.95. The minimum atomic E-state index is -0.553. The second-order valence-corrected chi connectivity index (χ2v) is 3.90. The maximum atomic E-state index is 9.75. The molecule has 3 N–H and O–H groups in total. The van der Waals surface area contributed by atoms with Crippen LogP contribution >= 0.6 is 15.9 Å². The quantitative estimate of drug-likeness (QED) is 0.868.